The van der Waals surface area contributed by atoms with Crippen LogP contribution in [-0.2, 0) is 10.0 Å². The maximum atomic E-state index is 12.9. The van der Waals surface area contributed by atoms with E-state index in [1.54, 1.807) is 30.3 Å². The number of anilines is 1. The molecule has 0 radical (unpaired) electrons. The molecule has 1 N–H and O–H groups in total. The van der Waals surface area contributed by atoms with Crippen LogP contribution in [0.1, 0.15) is 36.0 Å². The van der Waals surface area contributed by atoms with Crippen molar-refractivity contribution >= 4 is 37.5 Å². The molecule has 26 heavy (non-hydrogen) atoms. The first-order valence-corrected chi connectivity index (χ1v) is 10.9. The number of carbonyl (C=O) groups excluding carboxylic acids is 1. The van der Waals surface area contributed by atoms with Gasteiger partial charge in [0.2, 0.25) is 10.0 Å². The number of hydrogen-bond donors (Lipinski definition) is 1. The van der Waals surface area contributed by atoms with Crippen LogP contribution in [0.3, 0.4) is 0 Å². The van der Waals surface area contributed by atoms with Gasteiger partial charge in [0.25, 0.3) is 5.91 Å². The molecule has 0 saturated carbocycles. The average molecular weight is 437 g/mol. The van der Waals surface area contributed by atoms with E-state index in [-0.39, 0.29) is 10.8 Å². The van der Waals surface area contributed by atoms with Crippen molar-refractivity contribution in [3.05, 3.63) is 58.6 Å². The molecule has 0 aliphatic carbocycles. The van der Waals surface area contributed by atoms with Crippen molar-refractivity contribution in [3.8, 4) is 0 Å². The molecule has 0 aromatic heterocycles. The predicted octanol–water partition coefficient (Wildman–Crippen LogP) is 4.27. The minimum absolute atomic E-state index is 0.169. The third kappa shape index (κ3) is 4.52. The van der Waals surface area contributed by atoms with Gasteiger partial charge in [-0.25, -0.2) is 8.42 Å². The van der Waals surface area contributed by atoms with E-state index >= 15 is 0 Å². The van der Waals surface area contributed by atoms with E-state index in [1.165, 1.54) is 10.4 Å². The number of hydrogen-bond acceptors (Lipinski definition) is 3. The first kappa shape index (κ1) is 19.1. The topological polar surface area (TPSA) is 66.5 Å². The molecule has 0 spiro atoms. The Morgan fingerprint density at radius 2 is 1.62 bits per heavy atom. The Morgan fingerprint density at radius 3 is 2.27 bits per heavy atom. The molecule has 0 unspecified atom stereocenters. The number of halogens is 1. The van der Waals surface area contributed by atoms with Crippen LogP contribution in [0.15, 0.2) is 57.9 Å². The Hall–Kier alpha value is -1.70. The van der Waals surface area contributed by atoms with E-state index in [9.17, 15) is 13.2 Å². The molecule has 2 aromatic carbocycles. The number of rotatable bonds is 4. The van der Waals surface area contributed by atoms with Crippen molar-refractivity contribution in [2.75, 3.05) is 18.4 Å². The summed E-state index contributed by atoms with van der Waals surface area (Å²) in [7, 11) is -3.57. The Morgan fingerprint density at radius 1 is 0.962 bits per heavy atom. The first-order valence-electron chi connectivity index (χ1n) is 8.64. The summed E-state index contributed by atoms with van der Waals surface area (Å²) in [5, 5.41) is 2.79. The van der Waals surface area contributed by atoms with Gasteiger partial charge in [-0.15, -0.1) is 0 Å². The zero-order chi connectivity index (χ0) is 18.6. The molecular weight excluding hydrogens is 416 g/mol. The number of amides is 1. The summed E-state index contributed by atoms with van der Waals surface area (Å²) in [5.41, 5.74) is 0.975. The third-order valence-electron chi connectivity index (χ3n) is 4.40. The van der Waals surface area contributed by atoms with Gasteiger partial charge >= 0.3 is 0 Å². The molecule has 1 heterocycles. The molecule has 138 valence electrons. The van der Waals surface area contributed by atoms with E-state index in [4.69, 9.17) is 0 Å². The van der Waals surface area contributed by atoms with E-state index < -0.39 is 10.0 Å². The Labute approximate surface area is 162 Å². The standard InChI is InChI=1S/C19H21BrN2O3S/c20-16-8-10-17(11-9-16)21-19(23)15-6-5-7-18(14-15)26(24,25)22-12-3-1-2-4-13-22/h5-11,14H,1-4,12-13H2,(H,21,23). The molecule has 2 aromatic rings. The van der Waals surface area contributed by atoms with Crippen LogP contribution in [0.25, 0.3) is 0 Å². The van der Waals surface area contributed by atoms with E-state index in [1.807, 2.05) is 12.1 Å². The molecule has 1 aliphatic rings. The summed E-state index contributed by atoms with van der Waals surface area (Å²) in [5.74, 6) is -0.333. The zero-order valence-corrected chi connectivity index (χ0v) is 16.7. The van der Waals surface area contributed by atoms with E-state index in [2.05, 4.69) is 21.2 Å². The van der Waals surface area contributed by atoms with Gasteiger partial charge in [0.05, 0.1) is 4.90 Å². The molecule has 1 fully saturated rings. The molecular formula is C19H21BrN2O3S. The van der Waals surface area contributed by atoms with Gasteiger partial charge in [0.1, 0.15) is 0 Å². The molecule has 7 heteroatoms. The summed E-state index contributed by atoms with van der Waals surface area (Å²) >= 11 is 3.35. The van der Waals surface area contributed by atoms with Gasteiger partial charge in [-0.1, -0.05) is 34.8 Å². The second-order valence-corrected chi connectivity index (χ2v) is 9.16. The highest BCUT2D eigenvalue weighted by Gasteiger charge is 2.25. The largest absolute Gasteiger partial charge is 0.322 e. The first-order chi connectivity index (χ1) is 12.5. The van der Waals surface area contributed by atoms with Crippen molar-refractivity contribution < 1.29 is 13.2 Å². The van der Waals surface area contributed by atoms with Crippen molar-refractivity contribution in [2.45, 2.75) is 30.6 Å². The second-order valence-electron chi connectivity index (χ2n) is 6.31. The highest BCUT2D eigenvalue weighted by molar-refractivity contribution is 9.10. The fraction of sp³-hybridized carbons (Fsp3) is 0.316. The number of nitrogens with zero attached hydrogens (tertiary/aromatic N) is 1. The summed E-state index contributed by atoms with van der Waals surface area (Å²) < 4.78 is 28.3. The lowest BCUT2D eigenvalue weighted by Crippen LogP contribution is -2.32. The fourth-order valence-electron chi connectivity index (χ4n) is 2.97. The van der Waals surface area contributed by atoms with Crippen LogP contribution in [-0.4, -0.2) is 31.7 Å². The van der Waals surface area contributed by atoms with Crippen LogP contribution in [0.5, 0.6) is 0 Å². The highest BCUT2D eigenvalue weighted by atomic mass is 79.9. The number of benzene rings is 2. The third-order valence-corrected chi connectivity index (χ3v) is 6.82. The van der Waals surface area contributed by atoms with E-state index in [0.29, 0.717) is 24.3 Å². The summed E-state index contributed by atoms with van der Waals surface area (Å²) in [4.78, 5) is 12.6. The summed E-state index contributed by atoms with van der Waals surface area (Å²) in [6, 6.07) is 13.5. The molecule has 0 bridgehead atoms. The molecule has 5 nitrogen and oxygen atoms in total. The normalized spacial score (nSPS) is 16.0. The molecule has 1 aliphatic heterocycles. The van der Waals surface area contributed by atoms with Gasteiger partial charge in [-0.2, -0.15) is 4.31 Å². The number of carbonyl (C=O) groups is 1. The quantitative estimate of drug-likeness (QED) is 0.777. The van der Waals surface area contributed by atoms with Crippen molar-refractivity contribution in [3.63, 3.8) is 0 Å². The van der Waals surface area contributed by atoms with Crippen LogP contribution < -0.4 is 5.32 Å². The van der Waals surface area contributed by atoms with Gasteiger partial charge in [-0.05, 0) is 55.3 Å². The molecule has 1 amide bonds. The summed E-state index contributed by atoms with van der Waals surface area (Å²) in [6.07, 6.45) is 3.87. The van der Waals surface area contributed by atoms with Gasteiger partial charge in [0.15, 0.2) is 0 Å². The lowest BCUT2D eigenvalue weighted by atomic mass is 10.2. The lowest BCUT2D eigenvalue weighted by molar-refractivity contribution is 0.102. The molecule has 1 saturated heterocycles. The minimum Gasteiger partial charge on any atom is -0.322 e. The lowest BCUT2D eigenvalue weighted by Gasteiger charge is -2.20. The van der Waals surface area contributed by atoms with Crippen LogP contribution >= 0.6 is 15.9 Å². The summed E-state index contributed by atoms with van der Waals surface area (Å²) in [6.45, 7) is 1.08. The number of nitrogens with one attached hydrogen (secondary N) is 1. The predicted molar refractivity (Wildman–Crippen MR) is 106 cm³/mol. The van der Waals surface area contributed by atoms with Crippen molar-refractivity contribution in [2.24, 2.45) is 0 Å². The van der Waals surface area contributed by atoms with Crippen LogP contribution in [0.4, 0.5) is 5.69 Å². The molecule has 0 atom stereocenters. The average Bonchev–Trinajstić information content (AvgIpc) is 2.94. The van der Waals surface area contributed by atoms with Crippen molar-refractivity contribution in [1.82, 2.24) is 4.31 Å². The van der Waals surface area contributed by atoms with E-state index in [0.717, 1.165) is 30.2 Å². The maximum Gasteiger partial charge on any atom is 0.255 e. The SMILES string of the molecule is O=C(Nc1ccc(Br)cc1)c1cccc(S(=O)(=O)N2CCCCCC2)c1. The second kappa shape index (κ2) is 8.33. The Kier molecular flexibility index (Phi) is 6.11. The van der Waals surface area contributed by atoms with Gasteiger partial charge in [-0.3, -0.25) is 4.79 Å². The van der Waals surface area contributed by atoms with Gasteiger partial charge in [0, 0.05) is 28.8 Å². The van der Waals surface area contributed by atoms with Gasteiger partial charge < -0.3 is 5.32 Å². The van der Waals surface area contributed by atoms with Crippen LogP contribution in [0, 0.1) is 0 Å². The fourth-order valence-corrected chi connectivity index (χ4v) is 4.79. The smallest absolute Gasteiger partial charge is 0.255 e. The Bertz CT molecular complexity index is 874. The highest BCUT2D eigenvalue weighted by Crippen LogP contribution is 2.22. The van der Waals surface area contributed by atoms with Crippen LogP contribution in [0.2, 0.25) is 0 Å². The van der Waals surface area contributed by atoms with Crippen molar-refractivity contribution in [1.29, 1.82) is 0 Å². The minimum atomic E-state index is -3.57. The zero-order valence-electron chi connectivity index (χ0n) is 14.3. The maximum absolute atomic E-state index is 12.9. The molecule has 3 rings (SSSR count). The number of sulfonamides is 1. The Balaban J connectivity index is 1.80. The monoisotopic (exact) mass is 436 g/mol.